The van der Waals surface area contributed by atoms with Crippen LogP contribution in [0, 0.1) is 11.3 Å². The number of carbonyl (C=O) groups excluding carboxylic acids is 2. The number of hydrogen-bond donors (Lipinski definition) is 2. The molecule has 2 amide bonds. The zero-order valence-corrected chi connectivity index (χ0v) is 14.8. The van der Waals surface area contributed by atoms with E-state index in [9.17, 15) is 14.9 Å². The van der Waals surface area contributed by atoms with E-state index in [0.717, 1.165) is 43.0 Å². The number of fused-ring (bicyclic) bond motifs is 1. The second kappa shape index (κ2) is 7.36. The van der Waals surface area contributed by atoms with Gasteiger partial charge in [-0.1, -0.05) is 24.6 Å². The molecule has 24 heavy (non-hydrogen) atoms. The number of aliphatic imine (C=N–C) groups is 1. The second-order valence-electron chi connectivity index (χ2n) is 5.88. The summed E-state index contributed by atoms with van der Waals surface area (Å²) in [5, 5.41) is 12.6. The van der Waals surface area contributed by atoms with Crippen molar-refractivity contribution in [3.8, 4) is 6.07 Å². The van der Waals surface area contributed by atoms with Crippen LogP contribution in [0.15, 0.2) is 4.99 Å². The van der Waals surface area contributed by atoms with Gasteiger partial charge in [-0.3, -0.25) is 9.59 Å². The van der Waals surface area contributed by atoms with Gasteiger partial charge in [0.1, 0.15) is 16.3 Å². The number of hydrogen-bond acceptors (Lipinski definition) is 6. The number of thiophene rings is 1. The van der Waals surface area contributed by atoms with Gasteiger partial charge in [0, 0.05) is 11.3 Å². The molecule has 1 aliphatic carbocycles. The van der Waals surface area contributed by atoms with Gasteiger partial charge in [-0.2, -0.15) is 10.3 Å². The van der Waals surface area contributed by atoms with Crippen molar-refractivity contribution in [3.63, 3.8) is 0 Å². The van der Waals surface area contributed by atoms with Crippen LogP contribution in [-0.4, -0.2) is 22.2 Å². The SMILES string of the molecule is N#Cc1c(NC(=O)CC2SC(N)=NC2=O)sc2c1CCCCCC2. The number of anilines is 1. The van der Waals surface area contributed by atoms with Gasteiger partial charge in [0.15, 0.2) is 5.17 Å². The van der Waals surface area contributed by atoms with Gasteiger partial charge in [0.2, 0.25) is 5.91 Å². The predicted molar refractivity (Wildman–Crippen MR) is 96.2 cm³/mol. The lowest BCUT2D eigenvalue weighted by molar-refractivity contribution is -0.121. The molecule has 1 aliphatic heterocycles. The molecule has 0 bridgehead atoms. The van der Waals surface area contributed by atoms with E-state index in [4.69, 9.17) is 5.73 Å². The number of amides is 2. The van der Waals surface area contributed by atoms with Crippen LogP contribution >= 0.6 is 23.1 Å². The maximum Gasteiger partial charge on any atom is 0.262 e. The van der Waals surface area contributed by atoms with Crippen molar-refractivity contribution in [2.75, 3.05) is 5.32 Å². The first kappa shape index (κ1) is 17.0. The fourth-order valence-corrected chi connectivity index (χ4v) is 5.08. The third kappa shape index (κ3) is 3.62. The summed E-state index contributed by atoms with van der Waals surface area (Å²) in [5.41, 5.74) is 7.19. The number of aryl methyl sites for hydroxylation is 1. The summed E-state index contributed by atoms with van der Waals surface area (Å²) in [6, 6.07) is 2.25. The fourth-order valence-electron chi connectivity index (χ4n) is 3.00. The normalized spacial score (nSPS) is 20.5. The van der Waals surface area contributed by atoms with Crippen LogP contribution < -0.4 is 11.1 Å². The monoisotopic (exact) mass is 362 g/mol. The number of nitrogens with two attached hydrogens (primary N) is 1. The summed E-state index contributed by atoms with van der Waals surface area (Å²) in [5.74, 6) is -0.650. The van der Waals surface area contributed by atoms with Crippen LogP contribution in [0.25, 0.3) is 0 Å². The minimum Gasteiger partial charge on any atom is -0.378 e. The Morgan fingerprint density at radius 2 is 2.08 bits per heavy atom. The van der Waals surface area contributed by atoms with E-state index in [1.165, 1.54) is 29.1 Å². The highest BCUT2D eigenvalue weighted by atomic mass is 32.2. The van der Waals surface area contributed by atoms with Gasteiger partial charge in [-0.05, 0) is 31.2 Å². The molecule has 0 saturated heterocycles. The Labute approximate surface area is 148 Å². The van der Waals surface area contributed by atoms with E-state index in [1.54, 1.807) is 0 Å². The number of nitrogens with one attached hydrogen (secondary N) is 1. The first-order chi connectivity index (χ1) is 11.6. The molecule has 0 radical (unpaired) electrons. The second-order valence-corrected chi connectivity index (χ2v) is 8.21. The number of nitriles is 1. The van der Waals surface area contributed by atoms with Crippen LogP contribution in [0.5, 0.6) is 0 Å². The van der Waals surface area contributed by atoms with Crippen LogP contribution in [0.1, 0.15) is 48.1 Å². The van der Waals surface area contributed by atoms with Gasteiger partial charge in [0.05, 0.1) is 5.56 Å². The number of carbonyl (C=O) groups is 2. The highest BCUT2D eigenvalue weighted by Gasteiger charge is 2.30. The molecule has 0 spiro atoms. The molecule has 3 rings (SSSR count). The number of amidine groups is 1. The van der Waals surface area contributed by atoms with Crippen molar-refractivity contribution in [1.82, 2.24) is 0 Å². The predicted octanol–water partition coefficient (Wildman–Crippen LogP) is 2.56. The standard InChI is InChI=1S/C16H18N4O2S2/c17-8-10-9-5-3-1-2-4-6-11(9)23-15(10)19-13(21)7-12-14(22)20-16(18)24-12/h12H,1-7H2,(H,19,21)(H2,18,20,22). The Bertz CT molecular complexity index is 748. The molecule has 0 saturated carbocycles. The lowest BCUT2D eigenvalue weighted by Crippen LogP contribution is -2.21. The van der Waals surface area contributed by atoms with Crippen molar-refractivity contribution in [2.24, 2.45) is 10.7 Å². The molecule has 2 aliphatic rings. The summed E-state index contributed by atoms with van der Waals surface area (Å²) >= 11 is 2.61. The van der Waals surface area contributed by atoms with E-state index < -0.39 is 5.25 Å². The van der Waals surface area contributed by atoms with E-state index in [-0.39, 0.29) is 23.4 Å². The van der Waals surface area contributed by atoms with E-state index in [0.29, 0.717) is 10.6 Å². The van der Waals surface area contributed by atoms with Crippen LogP contribution in [0.4, 0.5) is 5.00 Å². The molecule has 8 heteroatoms. The maximum absolute atomic E-state index is 12.3. The Morgan fingerprint density at radius 1 is 1.33 bits per heavy atom. The third-order valence-corrected chi connectivity index (χ3v) is 6.36. The fraction of sp³-hybridized carbons (Fsp3) is 0.500. The van der Waals surface area contributed by atoms with Gasteiger partial charge < -0.3 is 11.1 Å². The zero-order valence-electron chi connectivity index (χ0n) is 13.1. The van der Waals surface area contributed by atoms with Gasteiger partial charge in [-0.25, -0.2) is 0 Å². The van der Waals surface area contributed by atoms with Gasteiger partial charge in [-0.15, -0.1) is 11.3 Å². The quantitative estimate of drug-likeness (QED) is 0.859. The topological polar surface area (TPSA) is 108 Å². The summed E-state index contributed by atoms with van der Waals surface area (Å²) in [6.45, 7) is 0. The molecule has 0 aromatic carbocycles. The Kier molecular flexibility index (Phi) is 5.21. The van der Waals surface area contributed by atoms with Gasteiger partial charge in [0.25, 0.3) is 5.91 Å². The Hall–Kier alpha value is -1.85. The number of rotatable bonds is 3. The van der Waals surface area contributed by atoms with Gasteiger partial charge >= 0.3 is 0 Å². The Balaban J connectivity index is 1.73. The van der Waals surface area contributed by atoms with Crippen LogP contribution in [-0.2, 0) is 22.4 Å². The van der Waals surface area contributed by atoms with Crippen LogP contribution in [0.3, 0.4) is 0 Å². The van der Waals surface area contributed by atoms with E-state index in [1.807, 2.05) is 0 Å². The highest BCUT2D eigenvalue weighted by molar-refractivity contribution is 8.15. The molecular formula is C16H18N4O2S2. The minimum atomic E-state index is -0.559. The first-order valence-corrected chi connectivity index (χ1v) is 9.67. The summed E-state index contributed by atoms with van der Waals surface area (Å²) < 4.78 is 0. The van der Waals surface area contributed by atoms with Crippen molar-refractivity contribution in [2.45, 2.75) is 50.2 Å². The molecule has 1 aromatic heterocycles. The molecule has 126 valence electrons. The lowest BCUT2D eigenvalue weighted by Gasteiger charge is -2.09. The van der Waals surface area contributed by atoms with Crippen molar-refractivity contribution < 1.29 is 9.59 Å². The zero-order chi connectivity index (χ0) is 17.1. The minimum absolute atomic E-state index is 0.0150. The number of thioether (sulfide) groups is 1. The van der Waals surface area contributed by atoms with Crippen molar-refractivity contribution in [1.29, 1.82) is 5.26 Å². The molecular weight excluding hydrogens is 344 g/mol. The highest BCUT2D eigenvalue weighted by Crippen LogP contribution is 2.36. The number of nitrogens with zero attached hydrogens (tertiary/aromatic N) is 2. The first-order valence-electron chi connectivity index (χ1n) is 7.97. The molecule has 1 aromatic rings. The Morgan fingerprint density at radius 3 is 2.75 bits per heavy atom. The molecule has 1 atom stereocenters. The third-order valence-electron chi connectivity index (χ3n) is 4.17. The smallest absolute Gasteiger partial charge is 0.262 e. The largest absolute Gasteiger partial charge is 0.378 e. The molecule has 0 fully saturated rings. The molecule has 3 N–H and O–H groups in total. The molecule has 1 unspecified atom stereocenters. The molecule has 6 nitrogen and oxygen atoms in total. The average Bonchev–Trinajstić information content (AvgIpc) is 2.98. The summed E-state index contributed by atoms with van der Waals surface area (Å²) in [6.07, 6.45) is 6.47. The summed E-state index contributed by atoms with van der Waals surface area (Å²) in [4.78, 5) is 28.7. The molecule has 2 heterocycles. The lowest BCUT2D eigenvalue weighted by atomic mass is 9.97. The maximum atomic E-state index is 12.3. The van der Waals surface area contributed by atoms with Crippen molar-refractivity contribution in [3.05, 3.63) is 16.0 Å². The van der Waals surface area contributed by atoms with Crippen molar-refractivity contribution >= 4 is 45.1 Å². The average molecular weight is 362 g/mol. The van der Waals surface area contributed by atoms with E-state index in [2.05, 4.69) is 16.4 Å². The van der Waals surface area contributed by atoms with Crippen LogP contribution in [0.2, 0.25) is 0 Å². The summed E-state index contributed by atoms with van der Waals surface area (Å²) in [7, 11) is 0. The van der Waals surface area contributed by atoms with E-state index >= 15 is 0 Å².